The first-order chi connectivity index (χ1) is 9.78. The van der Waals surface area contributed by atoms with Crippen molar-refractivity contribution in [3.63, 3.8) is 0 Å². The second-order valence-corrected chi connectivity index (χ2v) is 6.38. The molecule has 3 heteroatoms. The Morgan fingerprint density at radius 2 is 2.10 bits per heavy atom. The molecule has 2 fully saturated rings. The molecular weight excluding hydrogens is 268 g/mol. The van der Waals surface area contributed by atoms with E-state index in [0.29, 0.717) is 12.1 Å². The van der Waals surface area contributed by atoms with E-state index in [2.05, 4.69) is 47.5 Å². The van der Waals surface area contributed by atoms with Gasteiger partial charge in [0.25, 0.3) is 0 Å². The van der Waals surface area contributed by atoms with Crippen LogP contribution in [0.4, 0.5) is 0 Å². The van der Waals surface area contributed by atoms with E-state index in [0.717, 1.165) is 25.6 Å². The maximum Gasteiger partial charge on any atom is 0.0476 e. The molecule has 20 heavy (non-hydrogen) atoms. The minimum absolute atomic E-state index is 0.456. The van der Waals surface area contributed by atoms with Crippen molar-refractivity contribution in [3.8, 4) is 0 Å². The number of piperazine rings is 1. The molecule has 2 aliphatic rings. The second kappa shape index (κ2) is 6.30. The largest absolute Gasteiger partial charge is 0.311 e. The molecule has 1 saturated heterocycles. The van der Waals surface area contributed by atoms with Crippen molar-refractivity contribution in [2.45, 2.75) is 31.8 Å². The van der Waals surface area contributed by atoms with Crippen LogP contribution < -0.4 is 5.32 Å². The summed E-state index contributed by atoms with van der Waals surface area (Å²) in [6, 6.07) is 11.9. The standard InChI is InChI=1S/C17H23ClN2/c1-13(9-18)11-20-12-16(14-7-8-14)19-10-17(20)15-5-3-2-4-6-15/h2-6,9,14,16-17,19H,7-8,10-12H2,1H3/b13-9-. The minimum Gasteiger partial charge on any atom is -0.311 e. The van der Waals surface area contributed by atoms with Crippen LogP contribution in [0.3, 0.4) is 0 Å². The van der Waals surface area contributed by atoms with Gasteiger partial charge in [-0.3, -0.25) is 4.90 Å². The third kappa shape index (κ3) is 3.25. The summed E-state index contributed by atoms with van der Waals surface area (Å²) in [5.41, 5.74) is 4.36. The van der Waals surface area contributed by atoms with Crippen LogP contribution in [0.15, 0.2) is 41.4 Å². The lowest BCUT2D eigenvalue weighted by Gasteiger charge is -2.41. The molecule has 108 valence electrons. The van der Waals surface area contributed by atoms with Gasteiger partial charge in [-0.2, -0.15) is 0 Å². The Labute approximate surface area is 126 Å². The molecule has 1 aliphatic carbocycles. The third-order valence-electron chi connectivity index (χ3n) is 4.46. The molecule has 1 aromatic rings. The molecule has 1 N–H and O–H groups in total. The third-order valence-corrected chi connectivity index (χ3v) is 4.83. The Bertz CT molecular complexity index is 467. The minimum atomic E-state index is 0.456. The average molecular weight is 291 g/mol. The summed E-state index contributed by atoms with van der Waals surface area (Å²) in [5, 5.41) is 3.76. The highest BCUT2D eigenvalue weighted by Gasteiger charge is 2.37. The van der Waals surface area contributed by atoms with Crippen LogP contribution in [0.25, 0.3) is 0 Å². The summed E-state index contributed by atoms with van der Waals surface area (Å²) >= 11 is 5.87. The van der Waals surface area contributed by atoms with Gasteiger partial charge in [0.05, 0.1) is 0 Å². The summed E-state index contributed by atoms with van der Waals surface area (Å²) in [7, 11) is 0. The number of nitrogens with one attached hydrogen (secondary N) is 1. The molecule has 2 nitrogen and oxygen atoms in total. The zero-order chi connectivity index (χ0) is 13.9. The number of rotatable bonds is 4. The van der Waals surface area contributed by atoms with E-state index >= 15 is 0 Å². The van der Waals surface area contributed by atoms with Crippen molar-refractivity contribution in [2.24, 2.45) is 5.92 Å². The first-order valence-corrected chi connectivity index (χ1v) is 8.00. The van der Waals surface area contributed by atoms with E-state index in [1.54, 1.807) is 5.54 Å². The van der Waals surface area contributed by atoms with Crippen molar-refractivity contribution < 1.29 is 0 Å². The van der Waals surface area contributed by atoms with Gasteiger partial charge in [0.1, 0.15) is 0 Å². The molecule has 0 amide bonds. The summed E-state index contributed by atoms with van der Waals surface area (Å²) < 4.78 is 0. The van der Waals surface area contributed by atoms with Crippen molar-refractivity contribution in [1.82, 2.24) is 10.2 Å². The second-order valence-electron chi connectivity index (χ2n) is 6.16. The number of halogens is 1. The number of hydrogen-bond donors (Lipinski definition) is 1. The molecule has 1 aromatic carbocycles. The fourth-order valence-corrected chi connectivity index (χ4v) is 3.25. The normalized spacial score (nSPS) is 28.6. The summed E-state index contributed by atoms with van der Waals surface area (Å²) in [4.78, 5) is 2.59. The molecule has 0 aromatic heterocycles. The lowest BCUT2D eigenvalue weighted by atomic mass is 9.98. The van der Waals surface area contributed by atoms with Gasteiger partial charge in [0.2, 0.25) is 0 Å². The van der Waals surface area contributed by atoms with Crippen molar-refractivity contribution >= 4 is 11.6 Å². The summed E-state index contributed by atoms with van der Waals surface area (Å²) in [6.45, 7) is 5.25. The fourth-order valence-electron chi connectivity index (χ4n) is 3.18. The van der Waals surface area contributed by atoms with Gasteiger partial charge in [0.15, 0.2) is 0 Å². The van der Waals surface area contributed by atoms with Crippen molar-refractivity contribution in [3.05, 3.63) is 47.0 Å². The topological polar surface area (TPSA) is 15.3 Å². The van der Waals surface area contributed by atoms with Crippen LogP contribution in [0.5, 0.6) is 0 Å². The van der Waals surface area contributed by atoms with E-state index in [9.17, 15) is 0 Å². The van der Waals surface area contributed by atoms with E-state index in [-0.39, 0.29) is 0 Å². The van der Waals surface area contributed by atoms with Crippen LogP contribution in [0, 0.1) is 5.92 Å². The lowest BCUT2D eigenvalue weighted by Crippen LogP contribution is -2.53. The molecule has 1 saturated carbocycles. The fraction of sp³-hybridized carbons (Fsp3) is 0.529. The highest BCUT2D eigenvalue weighted by atomic mass is 35.5. The quantitative estimate of drug-likeness (QED) is 0.912. The Balaban J connectivity index is 1.76. The number of hydrogen-bond acceptors (Lipinski definition) is 2. The Kier molecular flexibility index (Phi) is 4.45. The van der Waals surface area contributed by atoms with Gasteiger partial charge >= 0.3 is 0 Å². The molecule has 2 unspecified atom stereocenters. The van der Waals surface area contributed by atoms with Gasteiger partial charge < -0.3 is 5.32 Å². The monoisotopic (exact) mass is 290 g/mol. The van der Waals surface area contributed by atoms with Gasteiger partial charge in [0, 0.05) is 37.3 Å². The molecule has 1 aliphatic heterocycles. The highest BCUT2D eigenvalue weighted by Crippen LogP contribution is 2.36. The van der Waals surface area contributed by atoms with Gasteiger partial charge in [-0.25, -0.2) is 0 Å². The van der Waals surface area contributed by atoms with Crippen LogP contribution in [-0.2, 0) is 0 Å². The maximum atomic E-state index is 5.87. The lowest BCUT2D eigenvalue weighted by molar-refractivity contribution is 0.134. The van der Waals surface area contributed by atoms with Crippen LogP contribution >= 0.6 is 11.6 Å². The van der Waals surface area contributed by atoms with E-state index in [4.69, 9.17) is 11.6 Å². The maximum absolute atomic E-state index is 5.87. The van der Waals surface area contributed by atoms with Crippen LogP contribution in [-0.4, -0.2) is 30.6 Å². The molecule has 2 atom stereocenters. The predicted molar refractivity (Wildman–Crippen MR) is 84.9 cm³/mol. The zero-order valence-electron chi connectivity index (χ0n) is 12.1. The number of benzene rings is 1. The molecule has 0 spiro atoms. The smallest absolute Gasteiger partial charge is 0.0476 e. The summed E-state index contributed by atoms with van der Waals surface area (Å²) in [6.07, 6.45) is 2.79. The molecular formula is C17H23ClN2. The van der Waals surface area contributed by atoms with E-state index in [1.807, 2.05) is 0 Å². The Morgan fingerprint density at radius 3 is 2.75 bits per heavy atom. The SMILES string of the molecule is C/C(=C/Cl)CN1CC(C2CC2)NCC1c1ccccc1. The highest BCUT2D eigenvalue weighted by molar-refractivity contribution is 6.25. The Morgan fingerprint density at radius 1 is 1.35 bits per heavy atom. The first kappa shape index (κ1) is 14.1. The predicted octanol–water partition coefficient (Wildman–Crippen LogP) is 3.55. The first-order valence-electron chi connectivity index (χ1n) is 7.56. The molecule has 1 heterocycles. The van der Waals surface area contributed by atoms with Crippen LogP contribution in [0.1, 0.15) is 31.4 Å². The summed E-state index contributed by atoms with van der Waals surface area (Å²) in [5.74, 6) is 0.898. The average Bonchev–Trinajstić information content (AvgIpc) is 3.32. The number of nitrogens with zero attached hydrogens (tertiary/aromatic N) is 1. The van der Waals surface area contributed by atoms with Gasteiger partial charge in [-0.05, 0) is 36.8 Å². The zero-order valence-corrected chi connectivity index (χ0v) is 12.8. The molecule has 0 bridgehead atoms. The van der Waals surface area contributed by atoms with E-state index < -0.39 is 0 Å². The van der Waals surface area contributed by atoms with Gasteiger partial charge in [-0.1, -0.05) is 41.9 Å². The van der Waals surface area contributed by atoms with Crippen molar-refractivity contribution in [1.29, 1.82) is 0 Å². The molecule has 0 radical (unpaired) electrons. The van der Waals surface area contributed by atoms with Crippen LogP contribution in [0.2, 0.25) is 0 Å². The Hall–Kier alpha value is -0.830. The van der Waals surface area contributed by atoms with Crippen molar-refractivity contribution in [2.75, 3.05) is 19.6 Å². The molecule has 3 rings (SSSR count). The van der Waals surface area contributed by atoms with Gasteiger partial charge in [-0.15, -0.1) is 0 Å². The van der Waals surface area contributed by atoms with E-state index in [1.165, 1.54) is 24.0 Å².